The molecule has 2 heterocycles. The molecule has 4 rings (SSSR count). The average molecular weight is 417 g/mol. The molecule has 4 fully saturated rings. The second-order valence-corrected chi connectivity index (χ2v) is 15.7. The molecule has 2 aliphatic heterocycles. The van der Waals surface area contributed by atoms with Crippen molar-refractivity contribution in [3.8, 4) is 0 Å². The van der Waals surface area contributed by atoms with Crippen molar-refractivity contribution >= 4 is 0 Å². The number of hydrogen-bond acceptors (Lipinski definition) is 2. The summed E-state index contributed by atoms with van der Waals surface area (Å²) in [6, 6.07) is 1.50. The minimum absolute atomic E-state index is 0.274. The Bertz CT molecular complexity index is 642. The first kappa shape index (κ1) is 23.1. The molecule has 2 saturated carbocycles. The first-order valence-corrected chi connectivity index (χ1v) is 13.0. The van der Waals surface area contributed by atoms with Gasteiger partial charge in [0.05, 0.1) is 0 Å². The molecular weight excluding hydrogens is 364 g/mol. The van der Waals surface area contributed by atoms with Crippen molar-refractivity contribution < 1.29 is 0 Å². The monoisotopic (exact) mass is 416 g/mol. The normalized spacial score (nSPS) is 37.5. The number of likely N-dealkylation sites (tertiary alicyclic amines) is 2. The summed E-state index contributed by atoms with van der Waals surface area (Å²) in [5.74, 6) is 0.933. The highest BCUT2D eigenvalue weighted by Crippen LogP contribution is 2.69. The van der Waals surface area contributed by atoms with Gasteiger partial charge in [-0.2, -0.15) is 0 Å². The highest BCUT2D eigenvalue weighted by Gasteiger charge is 2.66. The summed E-state index contributed by atoms with van der Waals surface area (Å²) in [7, 11) is 0. The van der Waals surface area contributed by atoms with E-state index in [9.17, 15) is 0 Å². The molecular formula is C28H52N2. The largest absolute Gasteiger partial charge is 0.294 e. The maximum atomic E-state index is 2.91. The maximum absolute atomic E-state index is 2.91. The van der Waals surface area contributed by atoms with Crippen LogP contribution >= 0.6 is 0 Å². The molecule has 2 nitrogen and oxygen atoms in total. The van der Waals surface area contributed by atoms with Gasteiger partial charge < -0.3 is 0 Å². The summed E-state index contributed by atoms with van der Waals surface area (Å²) in [6.45, 7) is 29.9. The smallest absolute Gasteiger partial charge is 0.0209 e. The highest BCUT2D eigenvalue weighted by atomic mass is 15.3. The van der Waals surface area contributed by atoms with E-state index >= 15 is 0 Å². The molecule has 0 radical (unpaired) electrons. The fourth-order valence-electron chi connectivity index (χ4n) is 8.00. The zero-order chi connectivity index (χ0) is 22.5. The highest BCUT2D eigenvalue weighted by molar-refractivity contribution is 5.18. The van der Waals surface area contributed by atoms with Crippen LogP contribution in [0.5, 0.6) is 0 Å². The van der Waals surface area contributed by atoms with Gasteiger partial charge in [-0.15, -0.1) is 0 Å². The Balaban J connectivity index is 1.52. The van der Waals surface area contributed by atoms with E-state index in [1.54, 1.807) is 0 Å². The van der Waals surface area contributed by atoms with Gasteiger partial charge in [-0.3, -0.25) is 9.80 Å². The van der Waals surface area contributed by atoms with Crippen LogP contribution in [0.4, 0.5) is 0 Å². The Morgan fingerprint density at radius 3 is 1.70 bits per heavy atom. The zero-order valence-electron chi connectivity index (χ0n) is 22.3. The fraction of sp³-hybridized carbons (Fsp3) is 1.00. The van der Waals surface area contributed by atoms with E-state index in [1.165, 1.54) is 51.6 Å². The first-order chi connectivity index (χ1) is 13.4. The molecule has 0 aromatic heterocycles. The van der Waals surface area contributed by atoms with Gasteiger partial charge >= 0.3 is 0 Å². The Kier molecular flexibility index (Phi) is 5.00. The summed E-state index contributed by atoms with van der Waals surface area (Å²) >= 11 is 0. The standard InChI is InChI=1S/C28H52N2/c1-23(2,3)21-18-28(19-30(21)25(7,8)9)17-20(28)16-26(10,11)22-27(12-13-27)14-15-29(22)24(4,5)6/h20-22H,12-19H2,1-11H3. The van der Waals surface area contributed by atoms with Crippen LogP contribution < -0.4 is 0 Å². The fourth-order valence-corrected chi connectivity index (χ4v) is 8.00. The van der Waals surface area contributed by atoms with Gasteiger partial charge in [-0.05, 0) is 114 Å². The summed E-state index contributed by atoms with van der Waals surface area (Å²) in [5.41, 5.74) is 2.61. The van der Waals surface area contributed by atoms with Gasteiger partial charge in [-0.25, -0.2) is 0 Å². The van der Waals surface area contributed by atoms with Crippen LogP contribution in [0.2, 0.25) is 0 Å². The van der Waals surface area contributed by atoms with E-state index < -0.39 is 0 Å². The first-order valence-electron chi connectivity index (χ1n) is 13.0. The third-order valence-corrected chi connectivity index (χ3v) is 9.69. The molecule has 0 N–H and O–H groups in total. The van der Waals surface area contributed by atoms with E-state index in [-0.39, 0.29) is 5.54 Å². The van der Waals surface area contributed by atoms with Crippen LogP contribution in [-0.4, -0.2) is 46.1 Å². The molecule has 0 aromatic rings. The molecule has 0 aromatic carbocycles. The van der Waals surface area contributed by atoms with Gasteiger partial charge in [0.1, 0.15) is 0 Å². The van der Waals surface area contributed by atoms with Crippen molar-refractivity contribution in [2.24, 2.45) is 27.6 Å². The molecule has 30 heavy (non-hydrogen) atoms. The molecule has 0 bridgehead atoms. The van der Waals surface area contributed by atoms with Crippen molar-refractivity contribution in [1.82, 2.24) is 9.80 Å². The quantitative estimate of drug-likeness (QED) is 0.489. The molecule has 4 atom stereocenters. The van der Waals surface area contributed by atoms with E-state index in [2.05, 4.69) is 86.0 Å². The van der Waals surface area contributed by atoms with Gasteiger partial charge in [0.15, 0.2) is 0 Å². The molecule has 2 spiro atoms. The molecule has 0 amide bonds. The Hall–Kier alpha value is -0.0800. The Morgan fingerprint density at radius 1 is 0.700 bits per heavy atom. The van der Waals surface area contributed by atoms with Gasteiger partial charge in [0.2, 0.25) is 0 Å². The second kappa shape index (κ2) is 6.49. The van der Waals surface area contributed by atoms with Crippen LogP contribution in [0.3, 0.4) is 0 Å². The van der Waals surface area contributed by atoms with Crippen molar-refractivity contribution in [3.63, 3.8) is 0 Å². The van der Waals surface area contributed by atoms with Crippen LogP contribution in [-0.2, 0) is 0 Å². The van der Waals surface area contributed by atoms with Gasteiger partial charge in [0.25, 0.3) is 0 Å². The predicted octanol–water partition coefficient (Wildman–Crippen LogP) is 6.98. The van der Waals surface area contributed by atoms with Crippen LogP contribution in [0.15, 0.2) is 0 Å². The molecule has 2 aliphatic carbocycles. The molecule has 4 unspecified atom stereocenters. The van der Waals surface area contributed by atoms with E-state index in [1.807, 2.05) is 0 Å². The lowest BCUT2D eigenvalue weighted by atomic mass is 9.71. The van der Waals surface area contributed by atoms with E-state index in [4.69, 9.17) is 0 Å². The summed E-state index contributed by atoms with van der Waals surface area (Å²) in [4.78, 5) is 5.78. The number of rotatable bonds is 3. The molecule has 2 heteroatoms. The minimum atomic E-state index is 0.274. The minimum Gasteiger partial charge on any atom is -0.294 e. The van der Waals surface area contributed by atoms with Gasteiger partial charge in [-0.1, -0.05) is 34.6 Å². The zero-order valence-corrected chi connectivity index (χ0v) is 22.3. The average Bonchev–Trinajstić information content (AvgIpc) is 3.28. The van der Waals surface area contributed by atoms with E-state index in [0.29, 0.717) is 27.2 Å². The third-order valence-electron chi connectivity index (χ3n) is 9.69. The topological polar surface area (TPSA) is 6.48 Å². The van der Waals surface area contributed by atoms with Crippen LogP contribution in [0, 0.1) is 27.6 Å². The predicted molar refractivity (Wildman–Crippen MR) is 130 cm³/mol. The number of nitrogens with zero attached hydrogens (tertiary/aromatic N) is 2. The van der Waals surface area contributed by atoms with Crippen LogP contribution in [0.25, 0.3) is 0 Å². The summed E-state index contributed by atoms with van der Waals surface area (Å²) < 4.78 is 0. The van der Waals surface area contributed by atoms with Crippen molar-refractivity contribution in [2.75, 3.05) is 13.1 Å². The summed E-state index contributed by atoms with van der Waals surface area (Å²) in [6.07, 6.45) is 8.73. The van der Waals surface area contributed by atoms with Crippen molar-refractivity contribution in [2.45, 2.75) is 138 Å². The lowest BCUT2D eigenvalue weighted by Gasteiger charge is -2.47. The van der Waals surface area contributed by atoms with Crippen molar-refractivity contribution in [3.05, 3.63) is 0 Å². The summed E-state index contributed by atoms with van der Waals surface area (Å²) in [5, 5.41) is 0. The SMILES string of the molecule is CC(C)(C)C1CC2(CC2CC(C)(C)C2N(C(C)(C)C)CCC23CC3)CN1C(C)(C)C. The molecule has 2 saturated heterocycles. The molecule has 174 valence electrons. The number of hydrogen-bond donors (Lipinski definition) is 0. The lowest BCUT2D eigenvalue weighted by Crippen LogP contribution is -2.53. The lowest BCUT2D eigenvalue weighted by molar-refractivity contribution is 0.0151. The Morgan fingerprint density at radius 2 is 1.27 bits per heavy atom. The Labute approximate surface area is 188 Å². The van der Waals surface area contributed by atoms with Crippen molar-refractivity contribution in [1.29, 1.82) is 0 Å². The third kappa shape index (κ3) is 3.81. The maximum Gasteiger partial charge on any atom is 0.0209 e. The van der Waals surface area contributed by atoms with Crippen LogP contribution in [0.1, 0.15) is 115 Å². The van der Waals surface area contributed by atoms with Gasteiger partial charge in [0, 0.05) is 29.7 Å². The molecule has 4 aliphatic rings. The van der Waals surface area contributed by atoms with E-state index in [0.717, 1.165) is 18.0 Å². The second-order valence-electron chi connectivity index (χ2n) is 15.7.